The molecule has 0 fully saturated rings. The summed E-state index contributed by atoms with van der Waals surface area (Å²) >= 11 is 7.28. The van der Waals surface area contributed by atoms with Crippen LogP contribution in [0.1, 0.15) is 23.6 Å². The van der Waals surface area contributed by atoms with Gasteiger partial charge in [0.2, 0.25) is 5.91 Å². The van der Waals surface area contributed by atoms with E-state index in [1.807, 2.05) is 53.7 Å². The van der Waals surface area contributed by atoms with Gasteiger partial charge in [-0.2, -0.15) is 5.10 Å². The zero-order valence-corrected chi connectivity index (χ0v) is 15.5. The van der Waals surface area contributed by atoms with Gasteiger partial charge in [-0.1, -0.05) is 53.7 Å². The lowest BCUT2D eigenvalue weighted by Gasteiger charge is -2.29. The quantitative estimate of drug-likeness (QED) is 0.862. The van der Waals surface area contributed by atoms with Crippen molar-refractivity contribution in [3.05, 3.63) is 64.7 Å². The highest BCUT2D eigenvalue weighted by Gasteiger charge is 2.32. The van der Waals surface area contributed by atoms with E-state index in [1.54, 1.807) is 0 Å². The summed E-state index contributed by atoms with van der Waals surface area (Å²) in [5.74, 6) is 0.263. The molecule has 0 aromatic heterocycles. The van der Waals surface area contributed by atoms with E-state index >= 15 is 0 Å². The molecule has 132 valence electrons. The van der Waals surface area contributed by atoms with E-state index in [1.165, 1.54) is 17.3 Å². The van der Waals surface area contributed by atoms with Gasteiger partial charge >= 0.3 is 0 Å². The molecule has 0 saturated heterocycles. The summed E-state index contributed by atoms with van der Waals surface area (Å²) < 4.78 is 0. The lowest BCUT2D eigenvalue weighted by Crippen LogP contribution is -2.30. The first kappa shape index (κ1) is 17.1. The second-order valence-corrected chi connectivity index (χ2v) is 7.42. The van der Waals surface area contributed by atoms with Crippen molar-refractivity contribution in [1.82, 2.24) is 10.3 Å². The molecule has 0 saturated carbocycles. The number of fused-ring (bicyclic) bond motifs is 3. The van der Waals surface area contributed by atoms with E-state index in [-0.39, 0.29) is 11.9 Å². The largest absolute Gasteiger partial charge is 0.351 e. The molecule has 0 spiro atoms. The smallest absolute Gasteiger partial charge is 0.230 e. The maximum atomic E-state index is 12.2. The fraction of sp³-hybridized carbons (Fsp3) is 0.211. The van der Waals surface area contributed by atoms with E-state index < -0.39 is 0 Å². The van der Waals surface area contributed by atoms with Gasteiger partial charge < -0.3 is 5.32 Å². The molecule has 2 aliphatic heterocycles. The number of amidine groups is 1. The number of hydrogen-bond acceptors (Lipinski definition) is 5. The van der Waals surface area contributed by atoms with Crippen LogP contribution in [0.15, 0.2) is 58.6 Å². The molecule has 1 unspecified atom stereocenters. The Morgan fingerprint density at radius 3 is 2.88 bits per heavy atom. The number of hydrazone groups is 1. The van der Waals surface area contributed by atoms with Gasteiger partial charge in [0.25, 0.3) is 0 Å². The van der Waals surface area contributed by atoms with Crippen LogP contribution in [0, 0.1) is 0 Å². The number of aliphatic imine (C=N–C) groups is 1. The first-order chi connectivity index (χ1) is 12.7. The lowest BCUT2D eigenvalue weighted by atomic mass is 10.0. The van der Waals surface area contributed by atoms with Crippen LogP contribution in [-0.4, -0.2) is 28.1 Å². The molecule has 2 aromatic carbocycles. The van der Waals surface area contributed by atoms with Gasteiger partial charge in [-0.15, -0.1) is 0 Å². The van der Waals surface area contributed by atoms with Crippen molar-refractivity contribution < 1.29 is 4.79 Å². The number of hydrogen-bond donors (Lipinski definition) is 1. The van der Waals surface area contributed by atoms with Gasteiger partial charge in [-0.3, -0.25) is 4.79 Å². The average molecular weight is 385 g/mol. The Labute approximate surface area is 161 Å². The number of benzene rings is 2. The number of halogens is 1. The van der Waals surface area contributed by atoms with E-state index in [0.29, 0.717) is 17.3 Å². The van der Waals surface area contributed by atoms with Gasteiger partial charge in [-0.25, -0.2) is 10.0 Å². The van der Waals surface area contributed by atoms with Crippen molar-refractivity contribution in [3.8, 4) is 0 Å². The van der Waals surface area contributed by atoms with Crippen LogP contribution >= 0.6 is 23.4 Å². The maximum absolute atomic E-state index is 12.2. The van der Waals surface area contributed by atoms with Crippen LogP contribution in [0.2, 0.25) is 5.02 Å². The number of thioether (sulfide) groups is 1. The van der Waals surface area contributed by atoms with Gasteiger partial charge in [0.05, 0.1) is 17.5 Å². The van der Waals surface area contributed by atoms with Crippen LogP contribution in [0.25, 0.3) is 0 Å². The lowest BCUT2D eigenvalue weighted by molar-refractivity contribution is -0.118. The summed E-state index contributed by atoms with van der Waals surface area (Å²) in [6.45, 7) is 0.483. The summed E-state index contributed by atoms with van der Waals surface area (Å²) in [5.41, 5.74) is 3.16. The predicted octanol–water partition coefficient (Wildman–Crippen LogP) is 4.12. The molecule has 1 atom stereocenters. The molecule has 0 bridgehead atoms. The summed E-state index contributed by atoms with van der Waals surface area (Å²) in [6, 6.07) is 15.7. The molecule has 26 heavy (non-hydrogen) atoms. The molecule has 1 amide bonds. The SMILES string of the molecule is O=C(CSC1=Nc2ccccc2C2CC=NN12)NCc1ccc(Cl)cc1. The van der Waals surface area contributed by atoms with Crippen LogP contribution in [0.5, 0.6) is 0 Å². The van der Waals surface area contributed by atoms with E-state index in [0.717, 1.165) is 22.8 Å². The Bertz CT molecular complexity index is 881. The van der Waals surface area contributed by atoms with Gasteiger partial charge in [0.1, 0.15) is 0 Å². The van der Waals surface area contributed by atoms with Crippen molar-refractivity contribution >= 4 is 46.3 Å². The minimum atomic E-state index is -0.0359. The van der Waals surface area contributed by atoms with Crippen LogP contribution in [0.3, 0.4) is 0 Å². The van der Waals surface area contributed by atoms with E-state index in [2.05, 4.69) is 21.5 Å². The highest BCUT2D eigenvalue weighted by atomic mass is 35.5. The first-order valence-corrected chi connectivity index (χ1v) is 9.70. The number of amides is 1. The Hall–Kier alpha value is -2.31. The summed E-state index contributed by atoms with van der Waals surface area (Å²) in [4.78, 5) is 16.9. The number of nitrogens with zero attached hydrogens (tertiary/aromatic N) is 3. The number of rotatable bonds is 4. The molecule has 7 heteroatoms. The van der Waals surface area contributed by atoms with Crippen LogP contribution in [-0.2, 0) is 11.3 Å². The molecule has 1 N–H and O–H groups in total. The highest BCUT2D eigenvalue weighted by molar-refractivity contribution is 8.14. The monoisotopic (exact) mass is 384 g/mol. The zero-order valence-electron chi connectivity index (χ0n) is 13.9. The van der Waals surface area contributed by atoms with Crippen molar-refractivity contribution in [2.24, 2.45) is 10.1 Å². The second-order valence-electron chi connectivity index (χ2n) is 6.04. The van der Waals surface area contributed by atoms with Gasteiger partial charge in [-0.05, 0) is 23.8 Å². The Morgan fingerprint density at radius 2 is 2.04 bits per heavy atom. The molecule has 2 aliphatic rings. The van der Waals surface area contributed by atoms with Crippen LogP contribution in [0.4, 0.5) is 5.69 Å². The molecule has 0 aliphatic carbocycles. The molecule has 0 radical (unpaired) electrons. The molecular weight excluding hydrogens is 368 g/mol. The Balaban J connectivity index is 1.38. The number of carbonyl (C=O) groups excluding carboxylic acids is 1. The predicted molar refractivity (Wildman–Crippen MR) is 107 cm³/mol. The highest BCUT2D eigenvalue weighted by Crippen LogP contribution is 2.40. The van der Waals surface area contributed by atoms with Crippen molar-refractivity contribution in [2.45, 2.75) is 19.0 Å². The Morgan fingerprint density at radius 1 is 1.23 bits per heavy atom. The minimum absolute atomic E-state index is 0.0359. The third-order valence-corrected chi connectivity index (χ3v) is 5.47. The van der Waals surface area contributed by atoms with E-state index in [9.17, 15) is 4.79 Å². The maximum Gasteiger partial charge on any atom is 0.230 e. The fourth-order valence-electron chi connectivity index (χ4n) is 2.96. The summed E-state index contributed by atoms with van der Waals surface area (Å²) in [5, 5.41) is 10.7. The van der Waals surface area contributed by atoms with Gasteiger partial charge in [0, 0.05) is 29.8 Å². The molecule has 4 rings (SSSR count). The third kappa shape index (κ3) is 3.61. The summed E-state index contributed by atoms with van der Waals surface area (Å²) in [7, 11) is 0. The minimum Gasteiger partial charge on any atom is -0.351 e. The molecule has 2 heterocycles. The van der Waals surface area contributed by atoms with Crippen molar-refractivity contribution in [3.63, 3.8) is 0 Å². The van der Waals surface area contributed by atoms with Crippen LogP contribution < -0.4 is 5.32 Å². The fourth-order valence-corrected chi connectivity index (χ4v) is 3.92. The summed E-state index contributed by atoms with van der Waals surface area (Å²) in [6.07, 6.45) is 2.77. The number of para-hydroxylation sites is 1. The molecule has 2 aromatic rings. The first-order valence-electron chi connectivity index (χ1n) is 8.34. The number of nitrogens with one attached hydrogen (secondary N) is 1. The van der Waals surface area contributed by atoms with Gasteiger partial charge in [0.15, 0.2) is 5.17 Å². The average Bonchev–Trinajstić information content (AvgIpc) is 3.16. The second kappa shape index (κ2) is 7.51. The topological polar surface area (TPSA) is 57.1 Å². The molecular formula is C19H17ClN4OS. The Kier molecular flexibility index (Phi) is 4.95. The zero-order chi connectivity index (χ0) is 17.9. The normalized spacial score (nSPS) is 17.5. The van der Waals surface area contributed by atoms with E-state index in [4.69, 9.17) is 11.6 Å². The third-order valence-electron chi connectivity index (χ3n) is 4.27. The van der Waals surface area contributed by atoms with Crippen molar-refractivity contribution in [2.75, 3.05) is 5.75 Å². The number of carbonyl (C=O) groups is 1. The standard InChI is InChI=1S/C19H17ClN4OS/c20-14-7-5-13(6-8-14)11-21-18(25)12-26-19-23-16-4-2-1-3-15(16)17-9-10-22-24(17)19/h1-8,10,17H,9,11-12H2,(H,21,25). The molecule has 5 nitrogen and oxygen atoms in total. The van der Waals surface area contributed by atoms with Crippen molar-refractivity contribution in [1.29, 1.82) is 0 Å².